The number of methoxy groups -OCH3 is 1. The summed E-state index contributed by atoms with van der Waals surface area (Å²) in [5, 5.41) is 3.77. The van der Waals surface area contributed by atoms with E-state index in [2.05, 4.69) is 37.2 Å². The Labute approximate surface area is 144 Å². The van der Waals surface area contributed by atoms with Gasteiger partial charge in [0.05, 0.1) is 12.1 Å². The number of carbonyl (C=O) groups is 1. The van der Waals surface area contributed by atoms with Crippen LogP contribution in [0.2, 0.25) is 5.02 Å². The molecule has 2 aromatic rings. The Bertz CT molecular complexity index is 664. The molecule has 1 unspecified atom stereocenters. The molecule has 0 heterocycles. The van der Waals surface area contributed by atoms with E-state index in [1.165, 1.54) is 7.11 Å². The van der Waals surface area contributed by atoms with Gasteiger partial charge in [-0.25, -0.2) is 4.79 Å². The lowest BCUT2D eigenvalue weighted by molar-refractivity contribution is -0.141. The monoisotopic (exact) mass is 431 g/mol. The molecule has 0 aromatic heterocycles. The average Bonchev–Trinajstić information content (AvgIpc) is 2.47. The zero-order valence-corrected chi connectivity index (χ0v) is 15.0. The van der Waals surface area contributed by atoms with Crippen molar-refractivity contribution in [3.05, 3.63) is 62.0 Å². The normalized spacial score (nSPS) is 11.8. The fraction of sp³-hybridized carbons (Fsp3) is 0.133. The van der Waals surface area contributed by atoms with Crippen molar-refractivity contribution in [1.29, 1.82) is 0 Å². The number of benzene rings is 2. The number of esters is 1. The SMILES string of the molecule is COC(=O)C(Nc1ccc(Cl)c(Br)c1)c1cccc(Br)c1. The van der Waals surface area contributed by atoms with Crippen molar-refractivity contribution in [1.82, 2.24) is 0 Å². The average molecular weight is 434 g/mol. The molecule has 110 valence electrons. The van der Waals surface area contributed by atoms with E-state index >= 15 is 0 Å². The van der Waals surface area contributed by atoms with Gasteiger partial charge in [-0.3, -0.25) is 0 Å². The summed E-state index contributed by atoms with van der Waals surface area (Å²) in [6.45, 7) is 0. The molecule has 0 aliphatic carbocycles. The number of rotatable bonds is 4. The van der Waals surface area contributed by atoms with E-state index < -0.39 is 6.04 Å². The van der Waals surface area contributed by atoms with Crippen LogP contribution >= 0.6 is 43.5 Å². The Hall–Kier alpha value is -1.04. The summed E-state index contributed by atoms with van der Waals surface area (Å²) in [6.07, 6.45) is 0. The van der Waals surface area contributed by atoms with Crippen LogP contribution in [0.5, 0.6) is 0 Å². The highest BCUT2D eigenvalue weighted by atomic mass is 79.9. The summed E-state index contributed by atoms with van der Waals surface area (Å²) in [4.78, 5) is 12.0. The second-order valence-electron chi connectivity index (χ2n) is 4.28. The molecule has 2 rings (SSSR count). The van der Waals surface area contributed by atoms with Crippen LogP contribution in [0.3, 0.4) is 0 Å². The molecule has 2 aromatic carbocycles. The van der Waals surface area contributed by atoms with Crippen molar-refractivity contribution in [3.8, 4) is 0 Å². The summed E-state index contributed by atoms with van der Waals surface area (Å²) < 4.78 is 6.53. The molecule has 0 fully saturated rings. The van der Waals surface area contributed by atoms with Crippen molar-refractivity contribution < 1.29 is 9.53 Å². The van der Waals surface area contributed by atoms with E-state index in [0.717, 1.165) is 20.2 Å². The van der Waals surface area contributed by atoms with Gasteiger partial charge in [-0.05, 0) is 51.8 Å². The van der Waals surface area contributed by atoms with Gasteiger partial charge in [0.25, 0.3) is 0 Å². The van der Waals surface area contributed by atoms with Gasteiger partial charge < -0.3 is 10.1 Å². The largest absolute Gasteiger partial charge is 0.467 e. The lowest BCUT2D eigenvalue weighted by atomic mass is 10.1. The Kier molecular flexibility index (Phi) is 5.67. The summed E-state index contributed by atoms with van der Waals surface area (Å²) in [6, 6.07) is 12.3. The quantitative estimate of drug-likeness (QED) is 0.675. The highest BCUT2D eigenvalue weighted by molar-refractivity contribution is 9.10. The summed E-state index contributed by atoms with van der Waals surface area (Å²) in [5.41, 5.74) is 1.57. The van der Waals surface area contributed by atoms with Crippen LogP contribution in [0.15, 0.2) is 51.4 Å². The Morgan fingerprint density at radius 1 is 1.24 bits per heavy atom. The van der Waals surface area contributed by atoms with E-state index in [4.69, 9.17) is 16.3 Å². The molecular weight excluding hydrogens is 421 g/mol. The molecule has 21 heavy (non-hydrogen) atoms. The van der Waals surface area contributed by atoms with Crippen LogP contribution in [-0.2, 0) is 9.53 Å². The van der Waals surface area contributed by atoms with Gasteiger partial charge in [-0.1, -0.05) is 39.7 Å². The maximum Gasteiger partial charge on any atom is 0.332 e. The van der Waals surface area contributed by atoms with E-state index in [1.54, 1.807) is 12.1 Å². The molecule has 0 radical (unpaired) electrons. The maximum absolute atomic E-state index is 12.0. The first-order valence-electron chi connectivity index (χ1n) is 6.06. The summed E-state index contributed by atoms with van der Waals surface area (Å²) in [5.74, 6) is -0.362. The van der Waals surface area contributed by atoms with E-state index in [9.17, 15) is 4.79 Å². The number of hydrogen-bond acceptors (Lipinski definition) is 3. The first-order valence-corrected chi connectivity index (χ1v) is 8.02. The lowest BCUT2D eigenvalue weighted by Gasteiger charge is -2.18. The fourth-order valence-corrected chi connectivity index (χ4v) is 2.75. The highest BCUT2D eigenvalue weighted by Crippen LogP contribution is 2.29. The zero-order valence-electron chi connectivity index (χ0n) is 11.1. The predicted octanol–water partition coefficient (Wildman–Crippen LogP) is 5.19. The number of ether oxygens (including phenoxy) is 1. The zero-order chi connectivity index (χ0) is 15.4. The van der Waals surface area contributed by atoms with Gasteiger partial charge in [-0.15, -0.1) is 0 Å². The van der Waals surface area contributed by atoms with Crippen LogP contribution in [-0.4, -0.2) is 13.1 Å². The molecule has 0 amide bonds. The molecular formula is C15H12Br2ClNO2. The van der Waals surface area contributed by atoms with Crippen molar-refractivity contribution in [2.24, 2.45) is 0 Å². The van der Waals surface area contributed by atoms with Crippen molar-refractivity contribution >= 4 is 55.1 Å². The topological polar surface area (TPSA) is 38.3 Å². The molecule has 3 nitrogen and oxygen atoms in total. The van der Waals surface area contributed by atoms with E-state index in [-0.39, 0.29) is 5.97 Å². The first-order chi connectivity index (χ1) is 10.0. The van der Waals surface area contributed by atoms with Gasteiger partial charge in [0.15, 0.2) is 6.04 Å². The molecule has 0 aliphatic heterocycles. The van der Waals surface area contributed by atoms with Crippen molar-refractivity contribution in [3.63, 3.8) is 0 Å². The van der Waals surface area contributed by atoms with E-state index in [1.807, 2.05) is 30.3 Å². The Morgan fingerprint density at radius 2 is 2.00 bits per heavy atom. The highest BCUT2D eigenvalue weighted by Gasteiger charge is 2.21. The fourth-order valence-electron chi connectivity index (χ4n) is 1.83. The van der Waals surface area contributed by atoms with Crippen LogP contribution < -0.4 is 5.32 Å². The second-order valence-corrected chi connectivity index (χ2v) is 6.46. The molecule has 0 saturated carbocycles. The van der Waals surface area contributed by atoms with Crippen LogP contribution in [0.4, 0.5) is 5.69 Å². The minimum atomic E-state index is -0.597. The number of nitrogens with one attached hydrogen (secondary N) is 1. The molecule has 0 bridgehead atoms. The van der Waals surface area contributed by atoms with Crippen LogP contribution in [0.25, 0.3) is 0 Å². The van der Waals surface area contributed by atoms with Crippen LogP contribution in [0.1, 0.15) is 11.6 Å². The number of carbonyl (C=O) groups excluding carboxylic acids is 1. The smallest absolute Gasteiger partial charge is 0.332 e. The molecule has 1 N–H and O–H groups in total. The summed E-state index contributed by atoms with van der Waals surface area (Å²) in [7, 11) is 1.37. The third-order valence-electron chi connectivity index (χ3n) is 2.85. The number of hydrogen-bond donors (Lipinski definition) is 1. The maximum atomic E-state index is 12.0. The van der Waals surface area contributed by atoms with Gasteiger partial charge in [-0.2, -0.15) is 0 Å². The minimum Gasteiger partial charge on any atom is -0.467 e. The Morgan fingerprint density at radius 3 is 2.62 bits per heavy atom. The predicted molar refractivity (Wildman–Crippen MR) is 91.7 cm³/mol. The van der Waals surface area contributed by atoms with Gasteiger partial charge in [0, 0.05) is 14.6 Å². The van der Waals surface area contributed by atoms with Gasteiger partial charge in [0.1, 0.15) is 0 Å². The van der Waals surface area contributed by atoms with Crippen molar-refractivity contribution in [2.45, 2.75) is 6.04 Å². The summed E-state index contributed by atoms with van der Waals surface area (Å²) >= 11 is 12.7. The number of anilines is 1. The molecule has 0 saturated heterocycles. The van der Waals surface area contributed by atoms with E-state index in [0.29, 0.717) is 5.02 Å². The Balaban J connectivity index is 2.32. The second kappa shape index (κ2) is 7.29. The standard InChI is InChI=1S/C15H12Br2ClNO2/c1-21-15(20)14(9-3-2-4-10(16)7-9)19-11-5-6-13(18)12(17)8-11/h2-8,14,19H,1H3. The third-order valence-corrected chi connectivity index (χ3v) is 4.56. The van der Waals surface area contributed by atoms with Crippen molar-refractivity contribution in [2.75, 3.05) is 12.4 Å². The molecule has 0 spiro atoms. The van der Waals surface area contributed by atoms with Gasteiger partial charge in [0.2, 0.25) is 0 Å². The molecule has 0 aliphatic rings. The first kappa shape index (κ1) is 16.3. The molecule has 6 heteroatoms. The third kappa shape index (κ3) is 4.22. The number of halogens is 3. The van der Waals surface area contributed by atoms with Crippen LogP contribution in [0, 0.1) is 0 Å². The molecule has 1 atom stereocenters. The van der Waals surface area contributed by atoms with Gasteiger partial charge >= 0.3 is 5.97 Å². The minimum absolute atomic E-state index is 0.362. The lowest BCUT2D eigenvalue weighted by Crippen LogP contribution is -2.22.